The van der Waals surface area contributed by atoms with E-state index in [1.807, 2.05) is 6.07 Å². The van der Waals surface area contributed by atoms with Gasteiger partial charge >= 0.3 is 0 Å². The highest BCUT2D eigenvalue weighted by atomic mass is 19.1. The summed E-state index contributed by atoms with van der Waals surface area (Å²) in [7, 11) is 0. The molecule has 0 aromatic heterocycles. The van der Waals surface area contributed by atoms with Gasteiger partial charge in [0.15, 0.2) is 0 Å². The van der Waals surface area contributed by atoms with E-state index in [0.29, 0.717) is 12.2 Å². The largest absolute Gasteiger partial charge is 0.488 e. The Bertz CT molecular complexity index is 737. The second-order valence-electron chi connectivity index (χ2n) is 6.98. The number of aliphatic hydroxyl groups is 1. The van der Waals surface area contributed by atoms with Crippen LogP contribution in [0, 0.1) is 5.82 Å². The Morgan fingerprint density at radius 3 is 2.56 bits per heavy atom. The predicted octanol–water partition coefficient (Wildman–Crippen LogP) is 2.09. The number of halogens is 1. The van der Waals surface area contributed by atoms with Crippen molar-refractivity contribution in [3.63, 3.8) is 0 Å². The minimum absolute atomic E-state index is 0.126. The molecule has 2 aromatic carbocycles. The van der Waals surface area contributed by atoms with E-state index < -0.39 is 6.10 Å². The Morgan fingerprint density at radius 1 is 1.08 bits per heavy atom. The number of aliphatic hydroxyl groups excluding tert-OH is 1. The van der Waals surface area contributed by atoms with E-state index in [1.54, 1.807) is 12.1 Å². The van der Waals surface area contributed by atoms with Crippen LogP contribution < -0.4 is 10.5 Å². The van der Waals surface area contributed by atoms with Crippen LogP contribution in [-0.2, 0) is 13.0 Å². The molecule has 2 aromatic rings. The molecule has 3 N–H and O–H groups in total. The molecule has 25 heavy (non-hydrogen) atoms. The van der Waals surface area contributed by atoms with Crippen LogP contribution >= 0.6 is 0 Å². The molecule has 0 saturated heterocycles. The summed E-state index contributed by atoms with van der Waals surface area (Å²) in [6.07, 6.45) is 0.518. The van der Waals surface area contributed by atoms with E-state index in [4.69, 9.17) is 10.5 Å². The van der Waals surface area contributed by atoms with Gasteiger partial charge in [-0.3, -0.25) is 4.90 Å². The molecule has 0 spiro atoms. The molecule has 1 saturated carbocycles. The Hall–Kier alpha value is -1.95. The summed E-state index contributed by atoms with van der Waals surface area (Å²) >= 11 is 0. The monoisotopic (exact) mass is 342 g/mol. The smallest absolute Gasteiger partial charge is 0.128 e. The molecule has 132 valence electrons. The van der Waals surface area contributed by atoms with Gasteiger partial charge in [0.25, 0.3) is 0 Å². The van der Waals surface area contributed by atoms with Gasteiger partial charge < -0.3 is 15.6 Å². The van der Waals surface area contributed by atoms with Gasteiger partial charge in [0.1, 0.15) is 23.8 Å². The predicted molar refractivity (Wildman–Crippen MR) is 93.8 cm³/mol. The van der Waals surface area contributed by atoms with E-state index in [1.165, 1.54) is 23.3 Å². The highest BCUT2D eigenvalue weighted by Crippen LogP contribution is 2.31. The SMILES string of the molecule is N[C@@H]1C[C@@H](Oc2ccc(F)cc2)[C@H](O)[C@H]1N1CCc2ccccc2C1. The van der Waals surface area contributed by atoms with E-state index in [9.17, 15) is 9.50 Å². The number of fused-ring (bicyclic) bond motifs is 1. The fourth-order valence-electron chi connectivity index (χ4n) is 4.08. The molecule has 0 radical (unpaired) electrons. The molecule has 4 atom stereocenters. The molecule has 1 heterocycles. The van der Waals surface area contributed by atoms with Crippen LogP contribution in [0.1, 0.15) is 17.5 Å². The van der Waals surface area contributed by atoms with Gasteiger partial charge in [-0.15, -0.1) is 0 Å². The lowest BCUT2D eigenvalue weighted by Gasteiger charge is -2.37. The molecule has 4 nitrogen and oxygen atoms in total. The first-order chi connectivity index (χ1) is 12.1. The van der Waals surface area contributed by atoms with E-state index in [-0.39, 0.29) is 24.0 Å². The quantitative estimate of drug-likeness (QED) is 0.897. The topological polar surface area (TPSA) is 58.7 Å². The number of hydrogen-bond acceptors (Lipinski definition) is 4. The van der Waals surface area contributed by atoms with Gasteiger partial charge in [-0.1, -0.05) is 24.3 Å². The second-order valence-corrected chi connectivity index (χ2v) is 6.98. The first-order valence-electron chi connectivity index (χ1n) is 8.78. The van der Waals surface area contributed by atoms with Gasteiger partial charge in [-0.25, -0.2) is 4.39 Å². The van der Waals surface area contributed by atoms with Crippen molar-refractivity contribution in [3.05, 3.63) is 65.5 Å². The highest BCUT2D eigenvalue weighted by molar-refractivity contribution is 5.30. The Balaban J connectivity index is 1.47. The zero-order chi connectivity index (χ0) is 17.4. The van der Waals surface area contributed by atoms with Gasteiger partial charge in [0, 0.05) is 25.6 Å². The van der Waals surface area contributed by atoms with E-state index in [0.717, 1.165) is 19.5 Å². The normalized spacial score (nSPS) is 29.4. The molecule has 1 aliphatic heterocycles. The molecule has 1 aliphatic carbocycles. The lowest BCUT2D eigenvalue weighted by Crippen LogP contribution is -2.52. The van der Waals surface area contributed by atoms with Crippen LogP contribution in [0.3, 0.4) is 0 Å². The molecule has 2 aliphatic rings. The first-order valence-corrected chi connectivity index (χ1v) is 8.78. The standard InChI is InChI=1S/C20H23FN2O2/c21-15-5-7-16(8-6-15)25-18-11-17(22)19(20(18)24)23-10-9-13-3-1-2-4-14(13)12-23/h1-8,17-20,24H,9-12,22H2/t17-,18-,19+,20+/m1/s1. The lowest BCUT2D eigenvalue weighted by molar-refractivity contribution is 0.00403. The summed E-state index contributed by atoms with van der Waals surface area (Å²) in [5.74, 6) is 0.253. The van der Waals surface area contributed by atoms with E-state index in [2.05, 4.69) is 23.1 Å². The van der Waals surface area contributed by atoms with Gasteiger partial charge in [-0.05, 0) is 41.8 Å². The maximum Gasteiger partial charge on any atom is 0.128 e. The third-order valence-corrected chi connectivity index (χ3v) is 5.36. The maximum absolute atomic E-state index is 13.0. The van der Waals surface area contributed by atoms with Crippen molar-refractivity contribution in [2.75, 3.05) is 6.54 Å². The number of nitrogens with two attached hydrogens (primary N) is 1. The van der Waals surface area contributed by atoms with Crippen LogP contribution in [0.4, 0.5) is 4.39 Å². The summed E-state index contributed by atoms with van der Waals surface area (Å²) < 4.78 is 18.9. The Morgan fingerprint density at radius 2 is 1.80 bits per heavy atom. The molecule has 5 heteroatoms. The molecule has 1 fully saturated rings. The summed E-state index contributed by atoms with van der Waals surface area (Å²) in [4.78, 5) is 2.27. The minimum Gasteiger partial charge on any atom is -0.488 e. The minimum atomic E-state index is -0.662. The van der Waals surface area contributed by atoms with Crippen LogP contribution in [0.25, 0.3) is 0 Å². The number of nitrogens with zero attached hydrogens (tertiary/aromatic N) is 1. The summed E-state index contributed by atoms with van der Waals surface area (Å²) in [6, 6.07) is 14.0. The summed E-state index contributed by atoms with van der Waals surface area (Å²) in [5, 5.41) is 10.8. The van der Waals surface area contributed by atoms with Crippen LogP contribution in [-0.4, -0.2) is 40.8 Å². The third kappa shape index (κ3) is 3.27. The average molecular weight is 342 g/mol. The molecule has 0 amide bonds. The fraction of sp³-hybridized carbons (Fsp3) is 0.400. The van der Waals surface area contributed by atoms with Gasteiger partial charge in [0.05, 0.1) is 6.04 Å². The fourth-order valence-corrected chi connectivity index (χ4v) is 4.08. The third-order valence-electron chi connectivity index (χ3n) is 5.36. The summed E-state index contributed by atoms with van der Waals surface area (Å²) in [6.45, 7) is 1.69. The van der Waals surface area contributed by atoms with Crippen LogP contribution in [0.5, 0.6) is 5.75 Å². The molecule has 0 unspecified atom stereocenters. The molecule has 4 rings (SSSR count). The van der Waals surface area contributed by atoms with Crippen molar-refractivity contribution in [2.45, 2.75) is 43.7 Å². The van der Waals surface area contributed by atoms with Crippen LogP contribution in [0.2, 0.25) is 0 Å². The van der Waals surface area contributed by atoms with Crippen molar-refractivity contribution >= 4 is 0 Å². The molecular formula is C20H23FN2O2. The highest BCUT2D eigenvalue weighted by Gasteiger charge is 2.45. The average Bonchev–Trinajstić information content (AvgIpc) is 2.90. The number of hydrogen-bond donors (Lipinski definition) is 2. The van der Waals surface area contributed by atoms with Gasteiger partial charge in [0.2, 0.25) is 0 Å². The summed E-state index contributed by atoms with van der Waals surface area (Å²) in [5.41, 5.74) is 9.02. The Labute approximate surface area is 147 Å². The van der Waals surface area contributed by atoms with Crippen molar-refractivity contribution in [3.8, 4) is 5.75 Å². The second kappa shape index (κ2) is 6.75. The Kier molecular flexibility index (Phi) is 4.46. The zero-order valence-corrected chi connectivity index (χ0v) is 14.0. The van der Waals surface area contributed by atoms with Crippen molar-refractivity contribution in [2.24, 2.45) is 5.73 Å². The zero-order valence-electron chi connectivity index (χ0n) is 14.0. The molecule has 0 bridgehead atoms. The van der Waals surface area contributed by atoms with Crippen LogP contribution in [0.15, 0.2) is 48.5 Å². The number of rotatable bonds is 3. The lowest BCUT2D eigenvalue weighted by atomic mass is 9.97. The van der Waals surface area contributed by atoms with Crippen molar-refractivity contribution in [1.29, 1.82) is 0 Å². The number of ether oxygens (including phenoxy) is 1. The molecular weight excluding hydrogens is 319 g/mol. The first kappa shape index (κ1) is 16.5. The van der Waals surface area contributed by atoms with Crippen molar-refractivity contribution in [1.82, 2.24) is 4.90 Å². The van der Waals surface area contributed by atoms with E-state index >= 15 is 0 Å². The number of benzene rings is 2. The van der Waals surface area contributed by atoms with Gasteiger partial charge in [-0.2, -0.15) is 0 Å². The van der Waals surface area contributed by atoms with Crippen molar-refractivity contribution < 1.29 is 14.2 Å². The maximum atomic E-state index is 13.0.